The third kappa shape index (κ3) is 4.34. The molecule has 0 saturated heterocycles. The number of hydrogen-bond acceptors (Lipinski definition) is 4. The first-order valence-electron chi connectivity index (χ1n) is 6.19. The number of carbonyl (C=O) groups is 1. The van der Waals surface area contributed by atoms with Crippen molar-refractivity contribution in [2.75, 3.05) is 0 Å². The van der Waals surface area contributed by atoms with Gasteiger partial charge in [-0.3, -0.25) is 4.79 Å². The van der Waals surface area contributed by atoms with Crippen molar-refractivity contribution in [3.05, 3.63) is 40.4 Å². The molecule has 0 aliphatic rings. The van der Waals surface area contributed by atoms with Gasteiger partial charge in [-0.15, -0.1) is 10.2 Å². The van der Waals surface area contributed by atoms with E-state index in [2.05, 4.69) is 15.5 Å². The van der Waals surface area contributed by atoms with Crippen molar-refractivity contribution in [1.29, 1.82) is 0 Å². The highest BCUT2D eigenvalue weighted by Gasteiger charge is 2.15. The summed E-state index contributed by atoms with van der Waals surface area (Å²) in [5.41, 5.74) is 0. The largest absolute Gasteiger partial charge is 0.481 e. The molecule has 2 aromatic rings. The van der Waals surface area contributed by atoms with Crippen LogP contribution in [0.3, 0.4) is 0 Å². The van der Waals surface area contributed by atoms with E-state index in [-0.39, 0.29) is 12.5 Å². The molecule has 0 radical (unpaired) electrons. The van der Waals surface area contributed by atoms with Gasteiger partial charge in [-0.05, 0) is 25.1 Å². The average molecular weight is 329 g/mol. The standard InChI is InChI=1S/C13H14Cl2N4O2/c1-8(21-11-4-9(14)3-10(15)5-11)13(20)16-6-12-18-17-7-19(12)2/h3-5,7-8H,6H2,1-2H3,(H,16,20)/t8-/m1/s1. The molecule has 1 amide bonds. The Kier molecular flexibility index (Phi) is 5.03. The van der Waals surface area contributed by atoms with Crippen LogP contribution in [0.2, 0.25) is 10.0 Å². The molecule has 1 aromatic carbocycles. The molecule has 0 saturated carbocycles. The molecule has 2 rings (SSSR count). The van der Waals surface area contributed by atoms with Crippen LogP contribution in [0.25, 0.3) is 0 Å². The van der Waals surface area contributed by atoms with Crippen LogP contribution in [-0.2, 0) is 18.4 Å². The number of benzene rings is 1. The van der Waals surface area contributed by atoms with E-state index in [1.807, 2.05) is 0 Å². The van der Waals surface area contributed by atoms with Gasteiger partial charge in [-0.1, -0.05) is 23.2 Å². The highest BCUT2D eigenvalue weighted by molar-refractivity contribution is 6.34. The number of halogens is 2. The van der Waals surface area contributed by atoms with Gasteiger partial charge in [0.2, 0.25) is 0 Å². The Balaban J connectivity index is 1.91. The van der Waals surface area contributed by atoms with E-state index < -0.39 is 6.10 Å². The van der Waals surface area contributed by atoms with Crippen molar-refractivity contribution in [2.45, 2.75) is 19.6 Å². The zero-order valence-corrected chi connectivity index (χ0v) is 13.0. The maximum absolute atomic E-state index is 12.0. The fraction of sp³-hybridized carbons (Fsp3) is 0.308. The summed E-state index contributed by atoms with van der Waals surface area (Å²) in [5, 5.41) is 11.2. The van der Waals surface area contributed by atoms with E-state index in [1.165, 1.54) is 0 Å². The van der Waals surface area contributed by atoms with Gasteiger partial charge in [0.25, 0.3) is 5.91 Å². The van der Waals surface area contributed by atoms with E-state index in [0.717, 1.165) is 0 Å². The quantitative estimate of drug-likeness (QED) is 0.913. The molecular formula is C13H14Cl2N4O2. The summed E-state index contributed by atoms with van der Waals surface area (Å²) in [7, 11) is 1.80. The Labute approximate surface area is 132 Å². The summed E-state index contributed by atoms with van der Waals surface area (Å²) in [6, 6.07) is 4.79. The van der Waals surface area contributed by atoms with Crippen LogP contribution in [0.15, 0.2) is 24.5 Å². The summed E-state index contributed by atoms with van der Waals surface area (Å²) in [6.45, 7) is 1.92. The molecule has 0 aliphatic heterocycles. The number of nitrogens with zero attached hydrogens (tertiary/aromatic N) is 3. The topological polar surface area (TPSA) is 69.0 Å². The number of aromatic nitrogens is 3. The van der Waals surface area contributed by atoms with Crippen LogP contribution >= 0.6 is 23.2 Å². The van der Waals surface area contributed by atoms with Gasteiger partial charge in [-0.25, -0.2) is 0 Å². The van der Waals surface area contributed by atoms with Crippen molar-refractivity contribution in [2.24, 2.45) is 7.05 Å². The number of amides is 1. The molecule has 1 heterocycles. The van der Waals surface area contributed by atoms with Crippen LogP contribution in [0.5, 0.6) is 5.75 Å². The second-order valence-electron chi connectivity index (χ2n) is 4.44. The second-order valence-corrected chi connectivity index (χ2v) is 5.31. The minimum atomic E-state index is -0.687. The normalized spacial score (nSPS) is 12.0. The lowest BCUT2D eigenvalue weighted by Crippen LogP contribution is -2.36. The van der Waals surface area contributed by atoms with E-state index >= 15 is 0 Å². The Bertz CT molecular complexity index is 625. The summed E-state index contributed by atoms with van der Waals surface area (Å²) in [6.07, 6.45) is 0.878. The highest BCUT2D eigenvalue weighted by Crippen LogP contribution is 2.24. The SMILES string of the molecule is C[C@@H](Oc1cc(Cl)cc(Cl)c1)C(=O)NCc1nncn1C. The fourth-order valence-corrected chi connectivity index (χ4v) is 2.14. The molecule has 0 aliphatic carbocycles. The smallest absolute Gasteiger partial charge is 0.261 e. The molecule has 0 spiro atoms. The summed E-state index contributed by atoms with van der Waals surface area (Å²) in [5.74, 6) is 0.823. The minimum absolute atomic E-state index is 0.269. The zero-order chi connectivity index (χ0) is 15.4. The third-order valence-electron chi connectivity index (χ3n) is 2.74. The van der Waals surface area contributed by atoms with Crippen molar-refractivity contribution in [3.8, 4) is 5.75 Å². The van der Waals surface area contributed by atoms with E-state index in [0.29, 0.717) is 21.6 Å². The van der Waals surface area contributed by atoms with E-state index in [1.54, 1.807) is 43.1 Å². The number of aryl methyl sites for hydroxylation is 1. The Hall–Kier alpha value is -1.79. The van der Waals surface area contributed by atoms with E-state index in [9.17, 15) is 4.79 Å². The van der Waals surface area contributed by atoms with Crippen molar-refractivity contribution in [3.63, 3.8) is 0 Å². The molecule has 6 nitrogen and oxygen atoms in total. The molecule has 112 valence electrons. The van der Waals surface area contributed by atoms with Crippen molar-refractivity contribution < 1.29 is 9.53 Å². The predicted octanol–water partition coefficient (Wildman–Crippen LogP) is 2.21. The molecule has 8 heteroatoms. The predicted molar refractivity (Wildman–Crippen MR) is 79.4 cm³/mol. The minimum Gasteiger partial charge on any atom is -0.481 e. The number of hydrogen-bond donors (Lipinski definition) is 1. The number of rotatable bonds is 5. The lowest BCUT2D eigenvalue weighted by molar-refractivity contribution is -0.127. The molecule has 21 heavy (non-hydrogen) atoms. The second kappa shape index (κ2) is 6.78. The van der Waals surface area contributed by atoms with Crippen molar-refractivity contribution in [1.82, 2.24) is 20.1 Å². The summed E-state index contributed by atoms with van der Waals surface area (Å²) < 4.78 is 7.24. The lowest BCUT2D eigenvalue weighted by Gasteiger charge is -2.15. The fourth-order valence-electron chi connectivity index (χ4n) is 1.63. The first-order valence-corrected chi connectivity index (χ1v) is 6.94. The van der Waals surface area contributed by atoms with Crippen LogP contribution in [0.1, 0.15) is 12.7 Å². The van der Waals surface area contributed by atoms with Gasteiger partial charge < -0.3 is 14.6 Å². The van der Waals surface area contributed by atoms with Crippen LogP contribution in [-0.4, -0.2) is 26.8 Å². The number of carbonyl (C=O) groups excluding carboxylic acids is 1. The van der Waals surface area contributed by atoms with Crippen molar-refractivity contribution >= 4 is 29.1 Å². The summed E-state index contributed by atoms with van der Waals surface area (Å²) in [4.78, 5) is 12.0. The average Bonchev–Trinajstić information content (AvgIpc) is 2.80. The molecule has 1 N–H and O–H groups in total. The monoisotopic (exact) mass is 328 g/mol. The van der Waals surface area contributed by atoms with Gasteiger partial charge in [0.05, 0.1) is 6.54 Å². The maximum atomic E-state index is 12.0. The maximum Gasteiger partial charge on any atom is 0.261 e. The molecular weight excluding hydrogens is 315 g/mol. The van der Waals surface area contributed by atoms with Gasteiger partial charge >= 0.3 is 0 Å². The first kappa shape index (κ1) is 15.6. The number of ether oxygens (including phenoxy) is 1. The van der Waals surface area contributed by atoms with Crippen LogP contribution in [0.4, 0.5) is 0 Å². The van der Waals surface area contributed by atoms with Gasteiger partial charge in [0.1, 0.15) is 12.1 Å². The molecule has 0 fully saturated rings. The Morgan fingerprint density at radius 3 is 2.62 bits per heavy atom. The Morgan fingerprint density at radius 2 is 2.05 bits per heavy atom. The number of nitrogens with one attached hydrogen (secondary N) is 1. The molecule has 1 atom stereocenters. The van der Waals surface area contributed by atoms with Crippen LogP contribution in [0, 0.1) is 0 Å². The van der Waals surface area contributed by atoms with Gasteiger partial charge in [0.15, 0.2) is 11.9 Å². The first-order chi connectivity index (χ1) is 9.95. The highest BCUT2D eigenvalue weighted by atomic mass is 35.5. The third-order valence-corrected chi connectivity index (χ3v) is 3.18. The lowest BCUT2D eigenvalue weighted by atomic mass is 10.3. The van der Waals surface area contributed by atoms with Gasteiger partial charge in [0, 0.05) is 17.1 Å². The zero-order valence-electron chi connectivity index (χ0n) is 11.5. The molecule has 0 bridgehead atoms. The molecule has 1 aromatic heterocycles. The summed E-state index contributed by atoms with van der Waals surface area (Å²) >= 11 is 11.8. The van der Waals surface area contributed by atoms with Gasteiger partial charge in [-0.2, -0.15) is 0 Å². The van der Waals surface area contributed by atoms with E-state index in [4.69, 9.17) is 27.9 Å². The molecule has 0 unspecified atom stereocenters. The Morgan fingerprint density at radius 1 is 1.38 bits per heavy atom. The van der Waals surface area contributed by atoms with Crippen LogP contribution < -0.4 is 10.1 Å².